The second-order valence-corrected chi connectivity index (χ2v) is 6.95. The van der Waals surface area contributed by atoms with Crippen LogP contribution in [0, 0.1) is 19.7 Å². The predicted octanol–water partition coefficient (Wildman–Crippen LogP) is 2.40. The average Bonchev–Trinajstić information content (AvgIpc) is 2.87. The Balaban J connectivity index is 1.82. The van der Waals surface area contributed by atoms with Gasteiger partial charge in [0.2, 0.25) is 10.0 Å². The predicted molar refractivity (Wildman–Crippen MR) is 82.5 cm³/mol. The van der Waals surface area contributed by atoms with Crippen molar-refractivity contribution in [1.29, 1.82) is 0 Å². The van der Waals surface area contributed by atoms with Crippen molar-refractivity contribution in [2.45, 2.75) is 38.1 Å². The summed E-state index contributed by atoms with van der Waals surface area (Å²) in [6, 6.07) is 3.92. The summed E-state index contributed by atoms with van der Waals surface area (Å²) in [4.78, 5) is 4.09. The summed E-state index contributed by atoms with van der Waals surface area (Å²) in [5.74, 6) is 0.425. The second-order valence-electron chi connectivity index (χ2n) is 5.18. The van der Waals surface area contributed by atoms with Crippen LogP contribution < -0.4 is 4.72 Å². The van der Waals surface area contributed by atoms with E-state index in [0.29, 0.717) is 18.5 Å². The van der Waals surface area contributed by atoms with Crippen molar-refractivity contribution in [2.24, 2.45) is 0 Å². The molecule has 0 aliphatic carbocycles. The first-order valence-corrected chi connectivity index (χ1v) is 8.62. The number of aromatic nitrogens is 2. The molecule has 0 spiro atoms. The number of nitrogens with zero attached hydrogens (tertiary/aromatic N) is 2. The van der Waals surface area contributed by atoms with E-state index in [4.69, 9.17) is 0 Å². The molecule has 0 atom stereocenters. The minimum absolute atomic E-state index is 0.0407. The SMILES string of the molecule is Cc1ccc(S(=O)(=O)NCCCCn2ccnc2C)cc1F. The number of rotatable bonds is 7. The standard InChI is InChI=1S/C15H20FN3O2S/c1-12-5-6-14(11-15(12)16)22(20,21)18-7-3-4-9-19-10-8-17-13(19)2/h5-6,8,10-11,18H,3-4,7,9H2,1-2H3. The van der Waals surface area contributed by atoms with E-state index in [9.17, 15) is 12.8 Å². The van der Waals surface area contributed by atoms with Gasteiger partial charge in [0.15, 0.2) is 0 Å². The molecule has 0 unspecified atom stereocenters. The van der Waals surface area contributed by atoms with Crippen LogP contribution >= 0.6 is 0 Å². The van der Waals surface area contributed by atoms with Gasteiger partial charge in [0.1, 0.15) is 11.6 Å². The molecule has 0 aliphatic heterocycles. The molecule has 1 aromatic carbocycles. The van der Waals surface area contributed by atoms with E-state index in [1.165, 1.54) is 12.1 Å². The zero-order valence-electron chi connectivity index (χ0n) is 12.7. The smallest absolute Gasteiger partial charge is 0.240 e. The van der Waals surface area contributed by atoms with Crippen LogP contribution in [0.15, 0.2) is 35.5 Å². The van der Waals surface area contributed by atoms with Gasteiger partial charge in [-0.05, 0) is 44.4 Å². The topological polar surface area (TPSA) is 64.0 Å². The maximum absolute atomic E-state index is 13.4. The molecular weight excluding hydrogens is 305 g/mol. The highest BCUT2D eigenvalue weighted by atomic mass is 32.2. The highest BCUT2D eigenvalue weighted by Gasteiger charge is 2.14. The summed E-state index contributed by atoms with van der Waals surface area (Å²) in [5, 5.41) is 0. The van der Waals surface area contributed by atoms with Gasteiger partial charge < -0.3 is 4.57 Å². The van der Waals surface area contributed by atoms with Crippen LogP contribution in [0.3, 0.4) is 0 Å². The third kappa shape index (κ3) is 4.14. The maximum atomic E-state index is 13.4. The van der Waals surface area contributed by atoms with E-state index in [1.807, 2.05) is 17.7 Å². The normalized spacial score (nSPS) is 11.8. The maximum Gasteiger partial charge on any atom is 0.240 e. The van der Waals surface area contributed by atoms with Crippen molar-refractivity contribution in [3.8, 4) is 0 Å². The molecule has 1 aromatic heterocycles. The van der Waals surface area contributed by atoms with E-state index in [2.05, 4.69) is 9.71 Å². The van der Waals surface area contributed by atoms with E-state index in [0.717, 1.165) is 24.9 Å². The molecule has 0 fully saturated rings. The molecule has 0 saturated heterocycles. The van der Waals surface area contributed by atoms with E-state index < -0.39 is 15.8 Å². The van der Waals surface area contributed by atoms with Crippen LogP contribution in [0.5, 0.6) is 0 Å². The minimum atomic E-state index is -3.65. The first-order chi connectivity index (χ1) is 10.4. The minimum Gasteiger partial charge on any atom is -0.335 e. The van der Waals surface area contributed by atoms with Gasteiger partial charge in [-0.25, -0.2) is 22.5 Å². The molecule has 22 heavy (non-hydrogen) atoms. The Morgan fingerprint density at radius 3 is 2.68 bits per heavy atom. The van der Waals surface area contributed by atoms with Gasteiger partial charge in [-0.2, -0.15) is 0 Å². The van der Waals surface area contributed by atoms with Gasteiger partial charge in [-0.15, -0.1) is 0 Å². The lowest BCUT2D eigenvalue weighted by Gasteiger charge is -2.08. The number of hydrogen-bond acceptors (Lipinski definition) is 3. The lowest BCUT2D eigenvalue weighted by atomic mass is 10.2. The van der Waals surface area contributed by atoms with Crippen molar-refractivity contribution >= 4 is 10.0 Å². The molecule has 0 amide bonds. The third-order valence-electron chi connectivity index (χ3n) is 3.50. The summed E-state index contributed by atoms with van der Waals surface area (Å²) < 4.78 is 42.1. The van der Waals surface area contributed by atoms with E-state index in [-0.39, 0.29) is 4.90 Å². The summed E-state index contributed by atoms with van der Waals surface area (Å²) >= 11 is 0. The molecule has 1 heterocycles. The number of imidazole rings is 1. The molecule has 5 nitrogen and oxygen atoms in total. The zero-order chi connectivity index (χ0) is 16.2. The number of benzene rings is 1. The van der Waals surface area contributed by atoms with Crippen LogP contribution in [-0.2, 0) is 16.6 Å². The second kappa shape index (κ2) is 7.02. The Morgan fingerprint density at radius 2 is 2.05 bits per heavy atom. The largest absolute Gasteiger partial charge is 0.335 e. The Kier molecular flexibility index (Phi) is 5.31. The first-order valence-electron chi connectivity index (χ1n) is 7.14. The van der Waals surface area contributed by atoms with E-state index in [1.54, 1.807) is 13.1 Å². The van der Waals surface area contributed by atoms with Crippen LogP contribution in [-0.4, -0.2) is 24.5 Å². The number of hydrogen-bond donors (Lipinski definition) is 1. The quantitative estimate of drug-likeness (QED) is 0.795. The summed E-state index contributed by atoms with van der Waals surface area (Å²) in [6.45, 7) is 4.64. The zero-order valence-corrected chi connectivity index (χ0v) is 13.5. The van der Waals surface area contributed by atoms with Crippen molar-refractivity contribution in [1.82, 2.24) is 14.3 Å². The summed E-state index contributed by atoms with van der Waals surface area (Å²) in [5.41, 5.74) is 0.426. The average molecular weight is 325 g/mol. The van der Waals surface area contributed by atoms with Crippen LogP contribution in [0.1, 0.15) is 24.2 Å². The molecule has 7 heteroatoms. The Morgan fingerprint density at radius 1 is 1.27 bits per heavy atom. The molecule has 120 valence electrons. The van der Waals surface area contributed by atoms with Crippen LogP contribution in [0.2, 0.25) is 0 Å². The number of aryl methyl sites for hydroxylation is 3. The fourth-order valence-electron chi connectivity index (χ4n) is 2.08. The number of nitrogens with one attached hydrogen (secondary N) is 1. The van der Waals surface area contributed by atoms with E-state index >= 15 is 0 Å². The number of halogens is 1. The van der Waals surface area contributed by atoms with Crippen molar-refractivity contribution in [3.05, 3.63) is 47.8 Å². The van der Waals surface area contributed by atoms with Crippen LogP contribution in [0.4, 0.5) is 4.39 Å². The lowest BCUT2D eigenvalue weighted by Crippen LogP contribution is -2.25. The van der Waals surface area contributed by atoms with Crippen LogP contribution in [0.25, 0.3) is 0 Å². The van der Waals surface area contributed by atoms with Crippen molar-refractivity contribution in [3.63, 3.8) is 0 Å². The fourth-order valence-corrected chi connectivity index (χ4v) is 3.16. The molecule has 0 saturated carbocycles. The van der Waals surface area contributed by atoms with Crippen molar-refractivity contribution < 1.29 is 12.8 Å². The number of unbranched alkanes of at least 4 members (excludes halogenated alkanes) is 1. The summed E-state index contributed by atoms with van der Waals surface area (Å²) in [7, 11) is -3.65. The van der Waals surface area contributed by atoms with Gasteiger partial charge in [0.25, 0.3) is 0 Å². The van der Waals surface area contributed by atoms with Gasteiger partial charge in [-0.1, -0.05) is 6.07 Å². The van der Waals surface area contributed by atoms with Gasteiger partial charge in [0.05, 0.1) is 4.90 Å². The molecule has 2 aromatic rings. The Hall–Kier alpha value is -1.73. The highest BCUT2D eigenvalue weighted by Crippen LogP contribution is 2.14. The fraction of sp³-hybridized carbons (Fsp3) is 0.400. The molecule has 0 aliphatic rings. The van der Waals surface area contributed by atoms with Crippen molar-refractivity contribution in [2.75, 3.05) is 6.54 Å². The summed E-state index contributed by atoms with van der Waals surface area (Å²) in [6.07, 6.45) is 5.17. The highest BCUT2D eigenvalue weighted by molar-refractivity contribution is 7.89. The van der Waals surface area contributed by atoms with Gasteiger partial charge in [0, 0.05) is 25.5 Å². The number of sulfonamides is 1. The van der Waals surface area contributed by atoms with Gasteiger partial charge >= 0.3 is 0 Å². The monoisotopic (exact) mass is 325 g/mol. The lowest BCUT2D eigenvalue weighted by molar-refractivity contribution is 0.560. The molecule has 2 rings (SSSR count). The first kappa shape index (κ1) is 16.6. The molecule has 0 bridgehead atoms. The molecule has 0 radical (unpaired) electrons. The molecule has 1 N–H and O–H groups in total. The molecular formula is C15H20FN3O2S. The van der Waals surface area contributed by atoms with Gasteiger partial charge in [-0.3, -0.25) is 0 Å². The Bertz CT molecular complexity index is 741. The third-order valence-corrected chi connectivity index (χ3v) is 4.95. The Labute approximate surface area is 130 Å².